The third-order valence-corrected chi connectivity index (χ3v) is 9.47. The van der Waals surface area contributed by atoms with Crippen LogP contribution in [-0.4, -0.2) is 58.3 Å². The molecule has 11 heteroatoms. The lowest BCUT2D eigenvalue weighted by Crippen LogP contribution is -2.57. The van der Waals surface area contributed by atoms with Gasteiger partial charge in [-0.15, -0.1) is 5.10 Å². The number of piperazine rings is 1. The van der Waals surface area contributed by atoms with Crippen molar-refractivity contribution in [1.82, 2.24) is 29.9 Å². The van der Waals surface area contributed by atoms with Crippen LogP contribution >= 0.6 is 11.6 Å². The van der Waals surface area contributed by atoms with Gasteiger partial charge in [-0.2, -0.15) is 4.31 Å². The van der Waals surface area contributed by atoms with Crippen molar-refractivity contribution in [2.75, 3.05) is 13.1 Å². The Hall–Kier alpha value is -2.79. The molecular weight excluding hydrogens is 536 g/mol. The summed E-state index contributed by atoms with van der Waals surface area (Å²) in [7, 11) is -3.90. The minimum Gasteiger partial charge on any atom is -0.353 e. The number of hydrogen-bond donors (Lipinski definition) is 2. The van der Waals surface area contributed by atoms with E-state index in [1.54, 1.807) is 0 Å². The zero-order valence-corrected chi connectivity index (χ0v) is 24.1. The van der Waals surface area contributed by atoms with E-state index in [4.69, 9.17) is 11.6 Å². The molecule has 2 atom stereocenters. The molecule has 1 aliphatic heterocycles. The highest BCUT2D eigenvalue weighted by Gasteiger charge is 2.39. The van der Waals surface area contributed by atoms with Crippen molar-refractivity contribution in [2.24, 2.45) is 0 Å². The number of amides is 1. The van der Waals surface area contributed by atoms with Crippen LogP contribution < -0.4 is 10.6 Å². The van der Waals surface area contributed by atoms with Gasteiger partial charge in [0.15, 0.2) is 0 Å². The molecular formula is C28H35ClN6O3S. The number of carbonyl (C=O) groups excluding carboxylic acids is 1. The number of nitrogens with one attached hydrogen (secondary N) is 2. The molecule has 0 bridgehead atoms. The number of carbonyl (C=O) groups is 1. The second-order valence-corrected chi connectivity index (χ2v) is 13.6. The molecule has 1 unspecified atom stereocenters. The van der Waals surface area contributed by atoms with E-state index in [0.29, 0.717) is 10.7 Å². The van der Waals surface area contributed by atoms with Crippen LogP contribution in [0.4, 0.5) is 0 Å². The summed E-state index contributed by atoms with van der Waals surface area (Å²) < 4.78 is 30.0. The van der Waals surface area contributed by atoms with Crippen molar-refractivity contribution < 1.29 is 13.2 Å². The van der Waals surface area contributed by atoms with Crippen LogP contribution in [0, 0.1) is 0 Å². The predicted molar refractivity (Wildman–Crippen MR) is 150 cm³/mol. The van der Waals surface area contributed by atoms with Crippen LogP contribution in [0.25, 0.3) is 0 Å². The number of halogens is 1. The van der Waals surface area contributed by atoms with E-state index in [1.807, 2.05) is 10.9 Å². The summed E-state index contributed by atoms with van der Waals surface area (Å²) in [5, 5.41) is 15.6. The molecule has 208 valence electrons. The predicted octanol–water partition coefficient (Wildman–Crippen LogP) is 3.48. The number of rotatable bonds is 7. The molecule has 1 aliphatic carbocycles. The summed E-state index contributed by atoms with van der Waals surface area (Å²) in [6.07, 6.45) is 4.99. The molecule has 2 aliphatic rings. The summed E-state index contributed by atoms with van der Waals surface area (Å²) in [6, 6.07) is 11.8. The molecule has 39 heavy (non-hydrogen) atoms. The van der Waals surface area contributed by atoms with Crippen molar-refractivity contribution in [2.45, 2.75) is 75.5 Å². The molecule has 1 saturated heterocycles. The Morgan fingerprint density at radius 1 is 1.15 bits per heavy atom. The summed E-state index contributed by atoms with van der Waals surface area (Å²) in [5.74, 6) is -0.340. The fourth-order valence-corrected chi connectivity index (χ4v) is 6.98. The standard InChI is InChI=1S/C28H35ClN6O3S/c1-28(2,3)31-17-19-7-12-24-20(15-19)5-4-6-25(24)34-18-22(32-33-34)16-26-27(36)30-13-14-35(26)39(37,38)23-10-8-21(29)9-11-23/h7-12,15,18,25-26,31H,4-6,13-14,16-17H2,1-3H3,(H,30,36)/t25-,26?/m1/s1. The minimum atomic E-state index is -3.90. The molecule has 5 rings (SSSR count). The smallest absolute Gasteiger partial charge is 0.243 e. The van der Waals surface area contributed by atoms with Gasteiger partial charge in [-0.3, -0.25) is 4.79 Å². The van der Waals surface area contributed by atoms with Gasteiger partial charge in [0.2, 0.25) is 15.9 Å². The summed E-state index contributed by atoms with van der Waals surface area (Å²) in [5.41, 5.74) is 4.44. The van der Waals surface area contributed by atoms with Crippen LogP contribution in [0.5, 0.6) is 0 Å². The first kappa shape index (κ1) is 27.8. The van der Waals surface area contributed by atoms with Crippen molar-refractivity contribution >= 4 is 27.5 Å². The van der Waals surface area contributed by atoms with E-state index in [-0.39, 0.29) is 41.9 Å². The highest BCUT2D eigenvalue weighted by molar-refractivity contribution is 7.89. The van der Waals surface area contributed by atoms with E-state index in [0.717, 1.165) is 25.8 Å². The van der Waals surface area contributed by atoms with Crippen molar-refractivity contribution in [3.05, 3.63) is 76.1 Å². The van der Waals surface area contributed by atoms with Gasteiger partial charge in [0.1, 0.15) is 6.04 Å². The highest BCUT2D eigenvalue weighted by atomic mass is 35.5. The quantitative estimate of drug-likeness (QED) is 0.450. The van der Waals surface area contributed by atoms with Gasteiger partial charge in [0.05, 0.1) is 16.6 Å². The zero-order valence-electron chi connectivity index (χ0n) is 22.5. The summed E-state index contributed by atoms with van der Waals surface area (Å²) >= 11 is 5.95. The molecule has 1 aromatic heterocycles. The molecule has 2 N–H and O–H groups in total. The third kappa shape index (κ3) is 6.19. The van der Waals surface area contributed by atoms with Crippen molar-refractivity contribution in [1.29, 1.82) is 0 Å². The molecule has 1 fully saturated rings. The number of sulfonamides is 1. The molecule has 2 heterocycles. The highest BCUT2D eigenvalue weighted by Crippen LogP contribution is 2.33. The Morgan fingerprint density at radius 2 is 1.92 bits per heavy atom. The van der Waals surface area contributed by atoms with E-state index in [9.17, 15) is 13.2 Å². The van der Waals surface area contributed by atoms with Crippen LogP contribution in [0.1, 0.15) is 62.0 Å². The number of aromatic nitrogens is 3. The first-order chi connectivity index (χ1) is 18.5. The Kier molecular flexibility index (Phi) is 7.83. The summed E-state index contributed by atoms with van der Waals surface area (Å²) in [6.45, 7) is 7.72. The Bertz CT molecular complexity index is 1450. The molecule has 0 saturated carbocycles. The molecule has 9 nitrogen and oxygen atoms in total. The van der Waals surface area contributed by atoms with E-state index >= 15 is 0 Å². The number of aryl methyl sites for hydroxylation is 1. The summed E-state index contributed by atoms with van der Waals surface area (Å²) in [4.78, 5) is 13.0. The number of hydrogen-bond acceptors (Lipinski definition) is 6. The number of nitrogens with zero attached hydrogens (tertiary/aromatic N) is 4. The molecule has 2 aromatic carbocycles. The normalized spacial score (nSPS) is 20.5. The second kappa shape index (κ2) is 11.0. The number of benzene rings is 2. The van der Waals surface area contributed by atoms with Crippen molar-refractivity contribution in [3.63, 3.8) is 0 Å². The lowest BCUT2D eigenvalue weighted by molar-refractivity contribution is -0.126. The lowest BCUT2D eigenvalue weighted by atomic mass is 9.86. The van der Waals surface area contributed by atoms with Gasteiger partial charge in [0, 0.05) is 42.8 Å². The first-order valence-corrected chi connectivity index (χ1v) is 15.2. The topological polar surface area (TPSA) is 109 Å². The average Bonchev–Trinajstić information content (AvgIpc) is 3.36. The Balaban J connectivity index is 1.35. The van der Waals surface area contributed by atoms with Crippen molar-refractivity contribution in [3.8, 4) is 0 Å². The number of fused-ring (bicyclic) bond motifs is 1. The Morgan fingerprint density at radius 3 is 2.67 bits per heavy atom. The van der Waals surface area contributed by atoms with E-state index < -0.39 is 16.1 Å². The molecule has 0 spiro atoms. The van der Waals surface area contributed by atoms with Gasteiger partial charge in [0.25, 0.3) is 0 Å². The fourth-order valence-electron chi connectivity index (χ4n) is 5.27. The van der Waals surface area contributed by atoms with Gasteiger partial charge in [-0.1, -0.05) is 35.0 Å². The van der Waals surface area contributed by atoms with Gasteiger partial charge in [-0.05, 0) is 81.0 Å². The van der Waals surface area contributed by atoms with Gasteiger partial charge >= 0.3 is 0 Å². The van der Waals surface area contributed by atoms with Crippen LogP contribution in [-0.2, 0) is 34.2 Å². The third-order valence-electron chi connectivity index (χ3n) is 7.29. The maximum atomic E-state index is 13.4. The van der Waals surface area contributed by atoms with E-state index in [1.165, 1.54) is 45.3 Å². The van der Waals surface area contributed by atoms with Crippen LogP contribution in [0.3, 0.4) is 0 Å². The fraction of sp³-hybridized carbons (Fsp3) is 0.464. The molecule has 3 aromatic rings. The monoisotopic (exact) mass is 570 g/mol. The lowest BCUT2D eigenvalue weighted by Gasteiger charge is -2.33. The maximum absolute atomic E-state index is 13.4. The Labute approximate surface area is 235 Å². The SMILES string of the molecule is CC(C)(C)NCc1ccc2c(c1)CCC[C@H]2n1cc(CC2C(=O)NCCN2S(=O)(=O)c2ccc(Cl)cc2)nn1. The molecule has 1 amide bonds. The minimum absolute atomic E-state index is 0.0497. The van der Waals surface area contributed by atoms with Gasteiger partial charge < -0.3 is 10.6 Å². The van der Waals surface area contributed by atoms with Gasteiger partial charge in [-0.25, -0.2) is 13.1 Å². The average molecular weight is 571 g/mol. The largest absolute Gasteiger partial charge is 0.353 e. The molecule has 0 radical (unpaired) electrons. The zero-order chi connectivity index (χ0) is 27.8. The van der Waals surface area contributed by atoms with Crippen LogP contribution in [0.15, 0.2) is 53.6 Å². The second-order valence-electron chi connectivity index (χ2n) is 11.3. The maximum Gasteiger partial charge on any atom is 0.243 e. The first-order valence-electron chi connectivity index (χ1n) is 13.3. The van der Waals surface area contributed by atoms with E-state index in [2.05, 4.69) is 59.9 Å². The van der Waals surface area contributed by atoms with Crippen LogP contribution in [0.2, 0.25) is 5.02 Å².